The highest BCUT2D eigenvalue weighted by molar-refractivity contribution is 6.30. The van der Waals surface area contributed by atoms with Crippen LogP contribution in [0, 0.1) is 6.92 Å². The number of piperidine rings is 1. The van der Waals surface area contributed by atoms with Crippen LogP contribution in [0.1, 0.15) is 31.2 Å². The maximum Gasteiger partial charge on any atom is 0.407 e. The quantitative estimate of drug-likeness (QED) is 0.496. The Morgan fingerprint density at radius 2 is 2.17 bits per heavy atom. The van der Waals surface area contributed by atoms with Gasteiger partial charge >= 0.3 is 6.09 Å². The summed E-state index contributed by atoms with van der Waals surface area (Å²) in [7, 11) is 0. The van der Waals surface area contributed by atoms with E-state index < -0.39 is 6.09 Å². The summed E-state index contributed by atoms with van der Waals surface area (Å²) in [6.07, 6.45) is 2.43. The lowest BCUT2D eigenvalue weighted by atomic mass is 9.97. The number of carbonyl (C=O) groups is 1. The summed E-state index contributed by atoms with van der Waals surface area (Å²) in [6, 6.07) is -0.0968. The largest absolute Gasteiger partial charge is 0.465 e. The Labute approximate surface area is 137 Å². The number of anilines is 1. The molecule has 3 unspecified atom stereocenters. The number of azide groups is 1. The first-order valence-corrected chi connectivity index (χ1v) is 7.76. The molecule has 0 aliphatic carbocycles. The van der Waals surface area contributed by atoms with Gasteiger partial charge in [0.1, 0.15) is 0 Å². The van der Waals surface area contributed by atoms with E-state index in [1.807, 2.05) is 0 Å². The van der Waals surface area contributed by atoms with E-state index in [1.54, 1.807) is 6.92 Å². The number of fused-ring (bicyclic) bond motifs is 2. The van der Waals surface area contributed by atoms with Crippen LogP contribution in [0.25, 0.3) is 10.4 Å². The second kappa shape index (κ2) is 6.10. The topological polar surface area (TPSA) is 127 Å². The molecule has 0 radical (unpaired) electrons. The van der Waals surface area contributed by atoms with Gasteiger partial charge in [-0.25, -0.2) is 4.79 Å². The molecule has 2 fully saturated rings. The molecule has 1 aromatic heterocycles. The summed E-state index contributed by atoms with van der Waals surface area (Å²) < 4.78 is 0. The van der Waals surface area contributed by atoms with Gasteiger partial charge in [-0.3, -0.25) is 0 Å². The Hall–Kier alpha value is -2.25. The number of aromatic nitrogens is 2. The molecule has 0 saturated carbocycles. The molecule has 9 nitrogen and oxygen atoms in total. The third kappa shape index (κ3) is 2.73. The van der Waals surface area contributed by atoms with Crippen molar-refractivity contribution in [2.24, 2.45) is 5.11 Å². The number of hydrogen-bond donors (Lipinski definition) is 2. The smallest absolute Gasteiger partial charge is 0.407 e. The maximum absolute atomic E-state index is 11.5. The van der Waals surface area contributed by atoms with E-state index in [0.29, 0.717) is 17.1 Å². The number of rotatable bonds is 3. The third-order valence-electron chi connectivity index (χ3n) is 4.64. The Morgan fingerprint density at radius 1 is 1.43 bits per heavy atom. The summed E-state index contributed by atoms with van der Waals surface area (Å²) in [4.78, 5) is 15.8. The van der Waals surface area contributed by atoms with E-state index in [2.05, 4.69) is 25.5 Å². The molecule has 2 N–H and O–H groups in total. The molecule has 3 atom stereocenters. The molecule has 3 heterocycles. The number of amides is 1. The predicted molar refractivity (Wildman–Crippen MR) is 83.9 cm³/mol. The van der Waals surface area contributed by atoms with Gasteiger partial charge in [-0.1, -0.05) is 16.7 Å². The summed E-state index contributed by atoms with van der Waals surface area (Å²) >= 11 is 5.92. The van der Waals surface area contributed by atoms with Crippen molar-refractivity contribution in [3.8, 4) is 0 Å². The summed E-state index contributed by atoms with van der Waals surface area (Å²) in [6.45, 7) is 1.70. The van der Waals surface area contributed by atoms with Crippen LogP contribution in [0.15, 0.2) is 5.11 Å². The first kappa shape index (κ1) is 15.6. The Kier molecular flexibility index (Phi) is 4.14. The first-order chi connectivity index (χ1) is 11.0. The number of nitrogens with one attached hydrogen (secondary N) is 1. The van der Waals surface area contributed by atoms with Gasteiger partial charge in [0, 0.05) is 22.6 Å². The molecule has 2 aliphatic rings. The zero-order chi connectivity index (χ0) is 16.6. The summed E-state index contributed by atoms with van der Waals surface area (Å²) in [5, 5.41) is 24.3. The molecule has 2 bridgehead atoms. The number of carboxylic acid groups (broad SMARTS) is 1. The second-order valence-corrected chi connectivity index (χ2v) is 6.18. The molecular weight excluding hydrogens is 322 g/mol. The van der Waals surface area contributed by atoms with Crippen LogP contribution in [0.4, 0.5) is 16.3 Å². The highest BCUT2D eigenvalue weighted by Gasteiger charge is 2.45. The fourth-order valence-electron chi connectivity index (χ4n) is 3.55. The molecule has 1 amide bonds. The van der Waals surface area contributed by atoms with E-state index in [1.165, 1.54) is 4.90 Å². The van der Waals surface area contributed by atoms with E-state index >= 15 is 0 Å². The molecule has 2 aliphatic heterocycles. The molecule has 23 heavy (non-hydrogen) atoms. The van der Waals surface area contributed by atoms with Crippen LogP contribution < -0.4 is 5.32 Å². The lowest BCUT2D eigenvalue weighted by Crippen LogP contribution is -2.52. The lowest BCUT2D eigenvalue weighted by molar-refractivity contribution is 0.0976. The maximum atomic E-state index is 11.5. The van der Waals surface area contributed by atoms with E-state index in [9.17, 15) is 9.90 Å². The van der Waals surface area contributed by atoms with Crippen molar-refractivity contribution >= 4 is 29.2 Å². The van der Waals surface area contributed by atoms with Gasteiger partial charge in [0.2, 0.25) is 0 Å². The average Bonchev–Trinajstić information content (AvgIpc) is 2.85. The van der Waals surface area contributed by atoms with Gasteiger partial charge in [0.25, 0.3) is 0 Å². The minimum atomic E-state index is -0.891. The van der Waals surface area contributed by atoms with Crippen LogP contribution in [0.2, 0.25) is 5.15 Å². The fourth-order valence-corrected chi connectivity index (χ4v) is 3.68. The lowest BCUT2D eigenvalue weighted by Gasteiger charge is -2.38. The molecule has 10 heteroatoms. The normalized spacial score (nSPS) is 25.8. The van der Waals surface area contributed by atoms with Gasteiger partial charge in [-0.2, -0.15) is 0 Å². The van der Waals surface area contributed by atoms with E-state index in [4.69, 9.17) is 17.1 Å². The Bertz CT molecular complexity index is 691. The van der Waals surface area contributed by atoms with Crippen LogP contribution >= 0.6 is 11.6 Å². The van der Waals surface area contributed by atoms with E-state index in [0.717, 1.165) is 25.7 Å². The third-order valence-corrected chi connectivity index (χ3v) is 5.00. The highest BCUT2D eigenvalue weighted by Crippen LogP contribution is 2.38. The fraction of sp³-hybridized carbons (Fsp3) is 0.615. The Morgan fingerprint density at radius 3 is 2.87 bits per heavy atom. The molecule has 0 spiro atoms. The zero-order valence-corrected chi connectivity index (χ0v) is 13.2. The summed E-state index contributed by atoms with van der Waals surface area (Å²) in [5.74, 6) is 0.338. The van der Waals surface area contributed by atoms with Crippen molar-refractivity contribution in [1.82, 2.24) is 15.1 Å². The van der Waals surface area contributed by atoms with Gasteiger partial charge in [-0.15, -0.1) is 10.2 Å². The highest BCUT2D eigenvalue weighted by atomic mass is 35.5. The van der Waals surface area contributed by atoms with Crippen LogP contribution in [0.5, 0.6) is 0 Å². The van der Waals surface area contributed by atoms with Gasteiger partial charge in [-0.05, 0) is 38.1 Å². The molecule has 2 saturated heterocycles. The molecule has 1 aromatic rings. The first-order valence-electron chi connectivity index (χ1n) is 7.38. The minimum absolute atomic E-state index is 0.0904. The number of halogens is 1. The van der Waals surface area contributed by atoms with Crippen molar-refractivity contribution in [2.45, 2.75) is 50.7 Å². The van der Waals surface area contributed by atoms with Crippen LogP contribution in [0.3, 0.4) is 0 Å². The second-order valence-electron chi connectivity index (χ2n) is 5.82. The molecule has 0 aromatic carbocycles. The minimum Gasteiger partial charge on any atom is -0.465 e. The zero-order valence-electron chi connectivity index (χ0n) is 12.5. The van der Waals surface area contributed by atoms with E-state index in [-0.39, 0.29) is 23.3 Å². The monoisotopic (exact) mass is 337 g/mol. The van der Waals surface area contributed by atoms with Gasteiger partial charge in [0.15, 0.2) is 11.0 Å². The van der Waals surface area contributed by atoms with Crippen LogP contribution in [-0.2, 0) is 0 Å². The predicted octanol–water partition coefficient (Wildman–Crippen LogP) is 3.47. The molecular formula is C13H16ClN7O2. The van der Waals surface area contributed by atoms with Gasteiger partial charge in [0.05, 0.1) is 11.7 Å². The van der Waals surface area contributed by atoms with Crippen LogP contribution in [-0.4, -0.2) is 44.4 Å². The van der Waals surface area contributed by atoms with Crippen molar-refractivity contribution in [1.29, 1.82) is 0 Å². The standard InChI is InChI=1S/C13H16ClN7O2/c1-6-10(17-20-15)12(19-18-11(6)14)16-8-4-2-7-3-5-9(8)21(7)13(22)23/h7-9H,2-5H2,1H3,(H,16,19)(H,22,23). The molecule has 122 valence electrons. The summed E-state index contributed by atoms with van der Waals surface area (Å²) in [5.41, 5.74) is 9.58. The van der Waals surface area contributed by atoms with Crippen molar-refractivity contribution in [2.75, 3.05) is 5.32 Å². The molecule has 3 rings (SSSR count). The van der Waals surface area contributed by atoms with Crippen molar-refractivity contribution in [3.05, 3.63) is 21.2 Å². The number of hydrogen-bond acceptors (Lipinski definition) is 5. The van der Waals surface area contributed by atoms with Crippen molar-refractivity contribution in [3.63, 3.8) is 0 Å². The SMILES string of the molecule is Cc1c(Cl)nnc(NC2CCC3CCC2N3C(=O)O)c1N=[N+]=[N-]. The van der Waals surface area contributed by atoms with Gasteiger partial charge < -0.3 is 15.3 Å². The average molecular weight is 338 g/mol. The van der Waals surface area contributed by atoms with Crippen molar-refractivity contribution < 1.29 is 9.90 Å². The number of nitrogens with zero attached hydrogens (tertiary/aromatic N) is 6. The Balaban J connectivity index is 1.89.